The van der Waals surface area contributed by atoms with Crippen LogP contribution in [-0.2, 0) is 9.47 Å². The second-order valence-electron chi connectivity index (χ2n) is 12.9. The van der Waals surface area contributed by atoms with E-state index in [0.717, 1.165) is 48.6 Å². The standard InChI is InChI=1S/C33H33N21O6S3/c1-10-17(16(56)9-55)26(61-49-10)43-40-20-13(4)46-52(23(20)34)31-37-32(53-24(35)21(14(5)47-53)41-44-27-18(29(57)59-7)11(2)50-62-27)39-33(38-31)54-25(36)22(15(6)48-54)42-45-28-19(30(58)60-8)12(3)51-63-28/h55H,9,34-36H2,1-8H3/b43-40+,44-41+,45-42+. The molecule has 0 bridgehead atoms. The van der Waals surface area contributed by atoms with E-state index in [0.29, 0.717) is 17.1 Å². The Balaban J connectivity index is 1.36. The van der Waals surface area contributed by atoms with Crippen LogP contribution in [0.4, 0.5) is 49.5 Å². The van der Waals surface area contributed by atoms with Gasteiger partial charge in [0.2, 0.25) is 0 Å². The van der Waals surface area contributed by atoms with Crippen LogP contribution in [0.3, 0.4) is 0 Å². The van der Waals surface area contributed by atoms with E-state index in [1.54, 1.807) is 41.5 Å². The first-order chi connectivity index (χ1) is 30.1. The van der Waals surface area contributed by atoms with Gasteiger partial charge in [0.1, 0.15) is 17.7 Å². The van der Waals surface area contributed by atoms with Gasteiger partial charge in [-0.3, -0.25) is 4.79 Å². The van der Waals surface area contributed by atoms with Gasteiger partial charge in [-0.1, -0.05) is 0 Å². The number of azo groups is 3. The molecule has 0 fully saturated rings. The molecule has 0 amide bonds. The predicted octanol–water partition coefficient (Wildman–Crippen LogP) is 5.39. The number of aromatic nitrogens is 12. The lowest BCUT2D eigenvalue weighted by atomic mass is 10.2. The first-order valence-electron chi connectivity index (χ1n) is 17.8. The highest BCUT2D eigenvalue weighted by molar-refractivity contribution is 7.11. The summed E-state index contributed by atoms with van der Waals surface area (Å²) in [4.78, 5) is 51.0. The fourth-order valence-corrected chi connectivity index (χ4v) is 7.88. The lowest BCUT2D eigenvalue weighted by molar-refractivity contribution is 0.0592. The zero-order valence-electron chi connectivity index (χ0n) is 34.2. The van der Waals surface area contributed by atoms with Crippen LogP contribution in [0.2, 0.25) is 0 Å². The van der Waals surface area contributed by atoms with Gasteiger partial charge in [0.15, 0.2) is 55.3 Å². The fraction of sp³-hybridized carbons (Fsp3) is 0.273. The van der Waals surface area contributed by atoms with Crippen molar-refractivity contribution in [3.05, 3.63) is 50.9 Å². The Hall–Kier alpha value is -7.70. The quantitative estimate of drug-likeness (QED) is 0.0639. The topological polar surface area (TPSA) is 373 Å². The van der Waals surface area contributed by atoms with Crippen molar-refractivity contribution in [3.63, 3.8) is 0 Å². The molecular formula is C33H33N21O6S3. The largest absolute Gasteiger partial charge is 0.465 e. The third kappa shape index (κ3) is 7.99. The summed E-state index contributed by atoms with van der Waals surface area (Å²) in [5.41, 5.74) is 22.6. The minimum Gasteiger partial charge on any atom is -0.465 e. The third-order valence-corrected chi connectivity index (χ3v) is 11.3. The Kier molecular flexibility index (Phi) is 11.9. The molecule has 324 valence electrons. The van der Waals surface area contributed by atoms with E-state index < -0.39 is 24.3 Å². The molecule has 30 heteroatoms. The summed E-state index contributed by atoms with van der Waals surface area (Å²) in [7, 11) is 2.48. The Morgan fingerprint density at radius 3 is 1.13 bits per heavy atom. The summed E-state index contributed by atoms with van der Waals surface area (Å²) in [5, 5.41) is 49.0. The smallest absolute Gasteiger partial charge is 0.342 e. The number of aliphatic hydroxyl groups excluding tert-OH is 1. The molecule has 0 saturated heterocycles. The minimum absolute atomic E-state index is 0.0761. The second-order valence-corrected chi connectivity index (χ2v) is 15.2. The summed E-state index contributed by atoms with van der Waals surface area (Å²) in [6.45, 7) is 8.96. The molecule has 0 saturated carbocycles. The van der Waals surface area contributed by atoms with E-state index in [-0.39, 0.29) is 101 Å². The molecule has 63 heavy (non-hydrogen) atoms. The zero-order chi connectivity index (χ0) is 45.4. The van der Waals surface area contributed by atoms with Gasteiger partial charge in [0, 0.05) is 0 Å². The number of Topliss-reactive ketones (excluding diaryl/α,β-unsaturated/α-hetero) is 1. The van der Waals surface area contributed by atoms with E-state index >= 15 is 0 Å². The number of carbonyl (C=O) groups is 3. The summed E-state index contributed by atoms with van der Waals surface area (Å²) >= 11 is 2.79. The number of aryl methyl sites for hydroxylation is 6. The van der Waals surface area contributed by atoms with Crippen molar-refractivity contribution in [1.82, 2.24) is 57.4 Å². The van der Waals surface area contributed by atoms with Crippen LogP contribution in [-0.4, -0.2) is 101 Å². The van der Waals surface area contributed by atoms with Crippen LogP contribution in [0.5, 0.6) is 0 Å². The van der Waals surface area contributed by atoms with Gasteiger partial charge < -0.3 is 31.8 Å². The number of carbonyl (C=O) groups excluding carboxylic acids is 3. The number of hydrogen-bond acceptors (Lipinski definition) is 27. The number of methoxy groups -OCH3 is 2. The van der Waals surface area contributed by atoms with Crippen LogP contribution in [0, 0.1) is 41.5 Å². The first-order valence-corrected chi connectivity index (χ1v) is 20.2. The van der Waals surface area contributed by atoms with Crippen LogP contribution >= 0.6 is 34.6 Å². The van der Waals surface area contributed by atoms with Crippen molar-refractivity contribution in [2.45, 2.75) is 41.5 Å². The van der Waals surface area contributed by atoms with Gasteiger partial charge >= 0.3 is 11.9 Å². The molecule has 27 nitrogen and oxygen atoms in total. The molecule has 0 atom stereocenters. The Labute approximate surface area is 366 Å². The van der Waals surface area contributed by atoms with Crippen LogP contribution in [0.15, 0.2) is 30.7 Å². The van der Waals surface area contributed by atoms with Crippen molar-refractivity contribution in [2.75, 3.05) is 38.0 Å². The Morgan fingerprint density at radius 1 is 0.524 bits per heavy atom. The Morgan fingerprint density at radius 2 is 0.825 bits per heavy atom. The maximum absolute atomic E-state index is 12.4. The van der Waals surface area contributed by atoms with Gasteiger partial charge in [-0.05, 0) is 76.1 Å². The van der Waals surface area contributed by atoms with Crippen molar-refractivity contribution in [1.29, 1.82) is 0 Å². The van der Waals surface area contributed by atoms with Gasteiger partial charge in [0.05, 0.1) is 53.9 Å². The lowest BCUT2D eigenvalue weighted by Gasteiger charge is -2.09. The first kappa shape index (κ1) is 43.4. The molecule has 7 N–H and O–H groups in total. The SMILES string of the molecule is COC(=O)c1c(C)nsc1/N=N/c1c(C)nn(-c2nc(-n3nc(C)c(/N=N/c4snc(C)c4C(=O)CO)c3N)nc(-n3nc(C)c(/N=N/c4snc(C)c4C(=O)OC)c3N)n2)c1N. The fourth-order valence-electron chi connectivity index (χ4n) is 5.70. The molecule has 0 unspecified atom stereocenters. The summed E-state index contributed by atoms with van der Waals surface area (Å²) in [6.07, 6.45) is 0. The van der Waals surface area contributed by atoms with Gasteiger partial charge in [-0.15, -0.1) is 30.7 Å². The number of rotatable bonds is 13. The Bertz CT molecular complexity index is 2730. The van der Waals surface area contributed by atoms with Crippen molar-refractivity contribution in [2.24, 2.45) is 30.7 Å². The molecule has 7 aromatic heterocycles. The van der Waals surface area contributed by atoms with Gasteiger partial charge in [0.25, 0.3) is 17.8 Å². The van der Waals surface area contributed by atoms with Gasteiger partial charge in [-0.2, -0.15) is 57.4 Å². The average molecular weight is 916 g/mol. The number of nitrogens with two attached hydrogens (primary N) is 3. The lowest BCUT2D eigenvalue weighted by Crippen LogP contribution is -2.17. The highest BCUT2D eigenvalue weighted by Crippen LogP contribution is 2.37. The van der Waals surface area contributed by atoms with Crippen LogP contribution < -0.4 is 17.2 Å². The molecule has 0 spiro atoms. The second kappa shape index (κ2) is 17.3. The molecule has 0 aliphatic carbocycles. The van der Waals surface area contributed by atoms with E-state index in [9.17, 15) is 19.5 Å². The molecule has 0 aliphatic heterocycles. The number of hydrogen-bond donors (Lipinski definition) is 4. The van der Waals surface area contributed by atoms with Crippen molar-refractivity contribution >= 4 is 102 Å². The summed E-state index contributed by atoms with van der Waals surface area (Å²) in [6, 6.07) is 0. The van der Waals surface area contributed by atoms with Crippen LogP contribution in [0.1, 0.15) is 65.2 Å². The normalized spacial score (nSPS) is 11.8. The number of ketones is 1. The number of aliphatic hydroxyl groups is 1. The van der Waals surface area contributed by atoms with E-state index in [1.165, 1.54) is 14.2 Å². The highest BCUT2D eigenvalue weighted by Gasteiger charge is 2.26. The number of nitrogen functional groups attached to an aromatic ring is 3. The van der Waals surface area contributed by atoms with Crippen molar-refractivity contribution < 1.29 is 29.0 Å². The molecule has 0 aliphatic rings. The maximum Gasteiger partial charge on any atom is 0.342 e. The van der Waals surface area contributed by atoms with Crippen LogP contribution in [0.25, 0.3) is 17.8 Å². The maximum atomic E-state index is 12.4. The molecule has 7 aromatic rings. The summed E-state index contributed by atoms with van der Waals surface area (Å²) < 4.78 is 25.8. The minimum atomic E-state index is -0.746. The van der Waals surface area contributed by atoms with E-state index in [2.05, 4.69) is 74.1 Å². The predicted molar refractivity (Wildman–Crippen MR) is 226 cm³/mol. The summed E-state index contributed by atoms with van der Waals surface area (Å²) in [5.74, 6) is -2.67. The highest BCUT2D eigenvalue weighted by atomic mass is 32.1. The molecule has 7 heterocycles. The average Bonchev–Trinajstić information content (AvgIpc) is 4.11. The van der Waals surface area contributed by atoms with Crippen molar-refractivity contribution in [3.8, 4) is 17.8 Å². The zero-order valence-corrected chi connectivity index (χ0v) is 36.7. The van der Waals surface area contributed by atoms with E-state index in [4.69, 9.17) is 26.7 Å². The van der Waals surface area contributed by atoms with E-state index in [1.807, 2.05) is 0 Å². The third-order valence-electron chi connectivity index (χ3n) is 8.82. The number of nitrogens with zero attached hydrogens (tertiary/aromatic N) is 18. The number of ether oxygens (including phenoxy) is 2. The molecule has 0 aromatic carbocycles. The monoisotopic (exact) mass is 915 g/mol. The number of anilines is 3. The van der Waals surface area contributed by atoms with Gasteiger partial charge in [-0.25, -0.2) is 9.59 Å². The molecular weight excluding hydrogens is 883 g/mol. The number of esters is 2. The molecule has 7 rings (SSSR count). The molecule has 0 radical (unpaired) electrons.